The van der Waals surface area contributed by atoms with Gasteiger partial charge in [-0.3, -0.25) is 4.90 Å². The maximum Gasteiger partial charge on any atom is 0.115 e. The Labute approximate surface area is 134 Å². The number of rotatable bonds is 2. The monoisotopic (exact) mass is 299 g/mol. The minimum atomic E-state index is 0.360. The highest BCUT2D eigenvalue weighted by Gasteiger charge is 2.54. The third-order valence-electron chi connectivity index (χ3n) is 7.02. The lowest BCUT2D eigenvalue weighted by molar-refractivity contribution is -0.0307. The molecule has 1 aromatic carbocycles. The highest BCUT2D eigenvalue weighted by atomic mass is 16.3. The van der Waals surface area contributed by atoms with Gasteiger partial charge >= 0.3 is 0 Å². The number of benzene rings is 1. The fraction of sp³-hybridized carbons (Fsp3) is 0.700. The first-order chi connectivity index (χ1) is 10.7. The van der Waals surface area contributed by atoms with Gasteiger partial charge < -0.3 is 5.11 Å². The van der Waals surface area contributed by atoms with E-state index in [4.69, 9.17) is 0 Å². The van der Waals surface area contributed by atoms with Gasteiger partial charge in [0.2, 0.25) is 0 Å². The molecule has 22 heavy (non-hydrogen) atoms. The van der Waals surface area contributed by atoms with Gasteiger partial charge in [-0.15, -0.1) is 0 Å². The average molecular weight is 299 g/mol. The SMILES string of the molecule is CC[C@@H](C)N1CC[C@]23CCCCC2C1Cc1ccc(O)cc13. The van der Waals surface area contributed by atoms with E-state index in [9.17, 15) is 5.11 Å². The topological polar surface area (TPSA) is 23.5 Å². The van der Waals surface area contributed by atoms with Crippen LogP contribution in [-0.4, -0.2) is 28.6 Å². The van der Waals surface area contributed by atoms with Crippen LogP contribution in [-0.2, 0) is 11.8 Å². The molecule has 0 radical (unpaired) electrons. The third kappa shape index (κ3) is 1.96. The summed E-state index contributed by atoms with van der Waals surface area (Å²) in [6.07, 6.45) is 9.19. The Bertz CT molecular complexity index is 569. The number of hydrogen-bond acceptors (Lipinski definition) is 2. The van der Waals surface area contributed by atoms with E-state index in [1.165, 1.54) is 62.6 Å². The van der Waals surface area contributed by atoms with Crippen molar-refractivity contribution >= 4 is 0 Å². The van der Waals surface area contributed by atoms with Crippen molar-refractivity contribution in [3.05, 3.63) is 29.3 Å². The van der Waals surface area contributed by atoms with Crippen molar-refractivity contribution in [1.29, 1.82) is 0 Å². The fourth-order valence-corrected chi connectivity index (χ4v) is 5.80. The van der Waals surface area contributed by atoms with Crippen LogP contribution in [0.1, 0.15) is 63.5 Å². The molecule has 0 amide bonds. The number of nitrogens with zero attached hydrogens (tertiary/aromatic N) is 1. The molecule has 1 saturated carbocycles. The van der Waals surface area contributed by atoms with Gasteiger partial charge in [-0.2, -0.15) is 0 Å². The Morgan fingerprint density at radius 2 is 2.18 bits per heavy atom. The average Bonchev–Trinajstić information content (AvgIpc) is 2.55. The number of likely N-dealkylation sites (tertiary alicyclic amines) is 1. The second-order valence-electron chi connectivity index (χ2n) is 7.87. The molecule has 2 bridgehead atoms. The van der Waals surface area contributed by atoms with E-state index in [1.54, 1.807) is 0 Å². The third-order valence-corrected chi connectivity index (χ3v) is 7.02. The predicted molar refractivity (Wildman–Crippen MR) is 90.3 cm³/mol. The zero-order chi connectivity index (χ0) is 15.3. The zero-order valence-corrected chi connectivity index (χ0v) is 14.0. The number of phenols is 1. The van der Waals surface area contributed by atoms with Crippen molar-refractivity contribution < 1.29 is 5.11 Å². The number of hydrogen-bond donors (Lipinski definition) is 1. The molecule has 1 N–H and O–H groups in total. The zero-order valence-electron chi connectivity index (χ0n) is 14.0. The lowest BCUT2D eigenvalue weighted by Crippen LogP contribution is -2.62. The van der Waals surface area contributed by atoms with Crippen molar-refractivity contribution in [2.45, 2.75) is 76.3 Å². The molecule has 120 valence electrons. The summed E-state index contributed by atoms with van der Waals surface area (Å²) < 4.78 is 0. The molecule has 2 aliphatic carbocycles. The van der Waals surface area contributed by atoms with Gasteiger partial charge in [0.25, 0.3) is 0 Å². The summed E-state index contributed by atoms with van der Waals surface area (Å²) in [5.74, 6) is 1.26. The predicted octanol–water partition coefficient (Wildman–Crippen LogP) is 4.25. The van der Waals surface area contributed by atoms with E-state index in [0.29, 0.717) is 17.2 Å². The summed E-state index contributed by atoms with van der Waals surface area (Å²) in [5, 5.41) is 10.0. The lowest BCUT2D eigenvalue weighted by Gasteiger charge is -2.60. The van der Waals surface area contributed by atoms with Gasteiger partial charge in [-0.25, -0.2) is 0 Å². The van der Waals surface area contributed by atoms with Crippen molar-refractivity contribution in [2.24, 2.45) is 5.92 Å². The van der Waals surface area contributed by atoms with Crippen LogP contribution in [0.15, 0.2) is 18.2 Å². The standard InChI is InChI=1S/C20H29NO/c1-3-14(2)21-11-10-20-9-5-4-6-17(20)19(21)12-15-7-8-16(22)13-18(15)20/h7-8,13-14,17,19,22H,3-6,9-12H2,1-2H3/t14-,17?,19?,20-/m1/s1. The molecule has 1 aromatic rings. The second kappa shape index (κ2) is 5.26. The molecule has 1 saturated heterocycles. The Morgan fingerprint density at radius 3 is 3.00 bits per heavy atom. The molecule has 2 unspecified atom stereocenters. The van der Waals surface area contributed by atoms with Crippen LogP contribution in [0.5, 0.6) is 5.75 Å². The van der Waals surface area contributed by atoms with Gasteiger partial charge in [-0.05, 0) is 74.8 Å². The second-order valence-corrected chi connectivity index (χ2v) is 7.87. The first-order valence-corrected chi connectivity index (χ1v) is 9.24. The molecular formula is C20H29NO. The molecule has 2 heteroatoms. The summed E-state index contributed by atoms with van der Waals surface area (Å²) in [6, 6.07) is 7.61. The van der Waals surface area contributed by atoms with E-state index in [-0.39, 0.29) is 0 Å². The molecule has 2 fully saturated rings. The first kappa shape index (κ1) is 14.6. The van der Waals surface area contributed by atoms with E-state index >= 15 is 0 Å². The fourth-order valence-electron chi connectivity index (χ4n) is 5.80. The Morgan fingerprint density at radius 1 is 1.32 bits per heavy atom. The maximum atomic E-state index is 10.0. The number of fused-ring (bicyclic) bond motifs is 1. The van der Waals surface area contributed by atoms with Gasteiger partial charge in [0.1, 0.15) is 5.75 Å². The lowest BCUT2D eigenvalue weighted by atomic mass is 9.52. The number of phenolic OH excluding ortho intramolecular Hbond substituents is 1. The molecular weight excluding hydrogens is 270 g/mol. The molecule has 1 heterocycles. The van der Waals surface area contributed by atoms with Crippen LogP contribution in [0.2, 0.25) is 0 Å². The van der Waals surface area contributed by atoms with Crippen LogP contribution < -0.4 is 0 Å². The van der Waals surface area contributed by atoms with Crippen LogP contribution in [0.3, 0.4) is 0 Å². The van der Waals surface area contributed by atoms with E-state index < -0.39 is 0 Å². The van der Waals surface area contributed by atoms with Crippen LogP contribution in [0.4, 0.5) is 0 Å². The highest BCUT2D eigenvalue weighted by molar-refractivity contribution is 5.45. The molecule has 0 aromatic heterocycles. The Hall–Kier alpha value is -1.02. The van der Waals surface area contributed by atoms with E-state index in [2.05, 4.69) is 30.9 Å². The summed E-state index contributed by atoms with van der Waals surface area (Å²) in [5.41, 5.74) is 3.37. The van der Waals surface area contributed by atoms with Gasteiger partial charge in [0.05, 0.1) is 0 Å². The molecule has 1 aliphatic heterocycles. The number of piperidine rings is 1. The van der Waals surface area contributed by atoms with Gasteiger partial charge in [0.15, 0.2) is 0 Å². The summed E-state index contributed by atoms with van der Waals surface area (Å²) in [7, 11) is 0. The Balaban J connectivity index is 1.81. The first-order valence-electron chi connectivity index (χ1n) is 9.24. The minimum absolute atomic E-state index is 0.360. The molecule has 4 rings (SSSR count). The number of aromatic hydroxyl groups is 1. The summed E-state index contributed by atoms with van der Waals surface area (Å²) in [6.45, 7) is 5.97. The molecule has 4 atom stereocenters. The van der Waals surface area contributed by atoms with Crippen molar-refractivity contribution in [1.82, 2.24) is 4.90 Å². The van der Waals surface area contributed by atoms with E-state index in [0.717, 1.165) is 12.0 Å². The molecule has 0 spiro atoms. The Kier molecular flexibility index (Phi) is 3.48. The van der Waals surface area contributed by atoms with Crippen molar-refractivity contribution in [3.63, 3.8) is 0 Å². The molecule has 3 aliphatic rings. The smallest absolute Gasteiger partial charge is 0.115 e. The van der Waals surface area contributed by atoms with Crippen LogP contribution in [0, 0.1) is 5.92 Å². The van der Waals surface area contributed by atoms with Crippen LogP contribution in [0.25, 0.3) is 0 Å². The maximum absolute atomic E-state index is 10.0. The quantitative estimate of drug-likeness (QED) is 0.882. The summed E-state index contributed by atoms with van der Waals surface area (Å²) >= 11 is 0. The largest absolute Gasteiger partial charge is 0.508 e. The van der Waals surface area contributed by atoms with Gasteiger partial charge in [-0.1, -0.05) is 25.8 Å². The highest BCUT2D eigenvalue weighted by Crippen LogP contribution is 2.56. The minimum Gasteiger partial charge on any atom is -0.508 e. The van der Waals surface area contributed by atoms with Crippen molar-refractivity contribution in [2.75, 3.05) is 6.54 Å². The normalized spacial score (nSPS) is 35.5. The molecule has 2 nitrogen and oxygen atoms in total. The van der Waals surface area contributed by atoms with Crippen LogP contribution >= 0.6 is 0 Å². The van der Waals surface area contributed by atoms with Gasteiger partial charge in [0, 0.05) is 17.5 Å². The van der Waals surface area contributed by atoms with Crippen molar-refractivity contribution in [3.8, 4) is 5.75 Å². The summed E-state index contributed by atoms with van der Waals surface area (Å²) in [4.78, 5) is 2.81. The van der Waals surface area contributed by atoms with E-state index in [1.807, 2.05) is 6.07 Å².